The number of nitrogens with two attached hydrogens (primary N) is 1. The van der Waals surface area contributed by atoms with Crippen LogP contribution in [0.5, 0.6) is 0 Å². The van der Waals surface area contributed by atoms with Gasteiger partial charge in [-0.05, 0) is 24.3 Å². The summed E-state index contributed by atoms with van der Waals surface area (Å²) < 4.78 is 0. The van der Waals surface area contributed by atoms with Gasteiger partial charge >= 0.3 is 0 Å². The highest BCUT2D eigenvalue weighted by atomic mass is 32.1. The highest BCUT2D eigenvalue weighted by molar-refractivity contribution is 7.80. The van der Waals surface area contributed by atoms with Crippen molar-refractivity contribution >= 4 is 29.9 Å². The van der Waals surface area contributed by atoms with Gasteiger partial charge in [0.2, 0.25) is 0 Å². The number of ketones is 2. The molecular weight excluding hydrogens is 246 g/mol. The van der Waals surface area contributed by atoms with Crippen LogP contribution in [0.25, 0.3) is 0 Å². The molecule has 0 heterocycles. The third-order valence-electron chi connectivity index (χ3n) is 3.06. The quantitative estimate of drug-likeness (QED) is 0.479. The van der Waals surface area contributed by atoms with Crippen molar-refractivity contribution in [2.75, 3.05) is 5.73 Å². The van der Waals surface area contributed by atoms with Gasteiger partial charge in [0.05, 0.1) is 5.56 Å². The second-order valence-electron chi connectivity index (χ2n) is 4.16. The van der Waals surface area contributed by atoms with E-state index < -0.39 is 0 Å². The summed E-state index contributed by atoms with van der Waals surface area (Å²) in [6.45, 7) is 0. The van der Waals surface area contributed by atoms with Crippen LogP contribution in [0.3, 0.4) is 0 Å². The van der Waals surface area contributed by atoms with E-state index in [9.17, 15) is 9.59 Å². The summed E-state index contributed by atoms with van der Waals surface area (Å²) >= 11 is 4.19. The number of hydrogen-bond acceptors (Lipinski definition) is 4. The molecule has 0 radical (unpaired) electrons. The van der Waals surface area contributed by atoms with Gasteiger partial charge in [-0.15, -0.1) is 12.6 Å². The van der Waals surface area contributed by atoms with Crippen LogP contribution in [-0.4, -0.2) is 11.6 Å². The van der Waals surface area contributed by atoms with Gasteiger partial charge in [-0.2, -0.15) is 0 Å². The number of carbonyl (C=O) groups is 2. The number of benzene rings is 2. The van der Waals surface area contributed by atoms with Crippen molar-refractivity contribution < 1.29 is 9.59 Å². The lowest BCUT2D eigenvalue weighted by atomic mass is 9.83. The molecule has 3 nitrogen and oxygen atoms in total. The molecule has 3 rings (SSSR count). The summed E-state index contributed by atoms with van der Waals surface area (Å²) in [6.07, 6.45) is 0. The van der Waals surface area contributed by atoms with Gasteiger partial charge in [0, 0.05) is 27.3 Å². The molecule has 88 valence electrons. The van der Waals surface area contributed by atoms with Crippen LogP contribution in [0.1, 0.15) is 31.8 Å². The third kappa shape index (κ3) is 1.39. The average molecular weight is 255 g/mol. The predicted molar refractivity (Wildman–Crippen MR) is 71.4 cm³/mol. The zero-order chi connectivity index (χ0) is 12.9. The number of fused-ring (bicyclic) bond motifs is 2. The molecule has 0 saturated carbocycles. The van der Waals surface area contributed by atoms with Crippen LogP contribution in [-0.2, 0) is 0 Å². The largest absolute Gasteiger partial charge is 0.398 e. The molecule has 0 unspecified atom stereocenters. The lowest BCUT2D eigenvalue weighted by molar-refractivity contribution is 0.0979. The molecular formula is C14H9NO2S. The summed E-state index contributed by atoms with van der Waals surface area (Å²) in [4.78, 5) is 25.3. The maximum absolute atomic E-state index is 12.3. The van der Waals surface area contributed by atoms with E-state index in [-0.39, 0.29) is 11.6 Å². The SMILES string of the molecule is Nc1cccc2c1C(=O)c1ccc(S)cc1C2=O. The average Bonchev–Trinajstić information content (AvgIpc) is 2.35. The van der Waals surface area contributed by atoms with Crippen LogP contribution in [0.15, 0.2) is 41.3 Å². The fourth-order valence-electron chi connectivity index (χ4n) is 2.21. The van der Waals surface area contributed by atoms with Crippen molar-refractivity contribution in [2.45, 2.75) is 4.90 Å². The van der Waals surface area contributed by atoms with Gasteiger partial charge in [-0.3, -0.25) is 9.59 Å². The molecule has 0 aromatic heterocycles. The molecule has 0 saturated heterocycles. The standard InChI is InChI=1S/C14H9NO2S/c15-11-3-1-2-9-12(11)14(17)8-5-4-7(18)6-10(8)13(9)16/h1-6,18H,15H2. The minimum Gasteiger partial charge on any atom is -0.398 e. The third-order valence-corrected chi connectivity index (χ3v) is 3.34. The van der Waals surface area contributed by atoms with E-state index in [0.717, 1.165) is 0 Å². The van der Waals surface area contributed by atoms with E-state index >= 15 is 0 Å². The molecule has 2 aromatic carbocycles. The van der Waals surface area contributed by atoms with Crippen molar-refractivity contribution in [3.05, 3.63) is 58.7 Å². The minimum atomic E-state index is -0.203. The second kappa shape index (κ2) is 3.71. The molecule has 1 aliphatic rings. The smallest absolute Gasteiger partial charge is 0.196 e. The fourth-order valence-corrected chi connectivity index (χ4v) is 2.41. The topological polar surface area (TPSA) is 60.2 Å². The van der Waals surface area contributed by atoms with Crippen molar-refractivity contribution in [1.29, 1.82) is 0 Å². The van der Waals surface area contributed by atoms with Gasteiger partial charge in [-0.1, -0.05) is 12.1 Å². The Bertz CT molecular complexity index is 703. The van der Waals surface area contributed by atoms with Gasteiger partial charge in [0.15, 0.2) is 11.6 Å². The van der Waals surface area contributed by atoms with Crippen LogP contribution in [0.4, 0.5) is 5.69 Å². The van der Waals surface area contributed by atoms with Gasteiger partial charge in [0.25, 0.3) is 0 Å². The predicted octanol–water partition coefficient (Wildman–Crippen LogP) is 2.33. The maximum atomic E-state index is 12.3. The number of rotatable bonds is 0. The van der Waals surface area contributed by atoms with E-state index in [0.29, 0.717) is 32.8 Å². The summed E-state index contributed by atoms with van der Waals surface area (Å²) in [5.41, 5.74) is 7.59. The molecule has 2 N–H and O–H groups in total. The Morgan fingerprint density at radius 3 is 2.44 bits per heavy atom. The Balaban J connectivity index is 2.35. The van der Waals surface area contributed by atoms with Crippen LogP contribution >= 0.6 is 12.6 Å². The summed E-state index contributed by atoms with van der Waals surface area (Å²) in [5, 5.41) is 0. The molecule has 2 aromatic rings. The van der Waals surface area contributed by atoms with Crippen molar-refractivity contribution in [2.24, 2.45) is 0 Å². The number of thiol groups is 1. The monoisotopic (exact) mass is 255 g/mol. The van der Waals surface area contributed by atoms with Crippen molar-refractivity contribution in [1.82, 2.24) is 0 Å². The number of hydrogen-bond donors (Lipinski definition) is 2. The Kier molecular flexibility index (Phi) is 2.28. The number of anilines is 1. The Hall–Kier alpha value is -2.07. The Morgan fingerprint density at radius 1 is 0.889 bits per heavy atom. The first-order chi connectivity index (χ1) is 8.59. The number of nitrogen functional groups attached to an aromatic ring is 1. The van der Waals surface area contributed by atoms with E-state index in [1.54, 1.807) is 36.4 Å². The van der Waals surface area contributed by atoms with Crippen molar-refractivity contribution in [3.63, 3.8) is 0 Å². The molecule has 18 heavy (non-hydrogen) atoms. The minimum absolute atomic E-state index is 0.178. The molecule has 4 heteroatoms. The highest BCUT2D eigenvalue weighted by Gasteiger charge is 2.30. The molecule has 0 fully saturated rings. The first-order valence-electron chi connectivity index (χ1n) is 5.40. The summed E-state index contributed by atoms with van der Waals surface area (Å²) in [6, 6.07) is 9.85. The lowest BCUT2D eigenvalue weighted by Crippen LogP contribution is -2.22. The maximum Gasteiger partial charge on any atom is 0.196 e. The fraction of sp³-hybridized carbons (Fsp3) is 0. The zero-order valence-corrected chi connectivity index (χ0v) is 10.2. The van der Waals surface area contributed by atoms with Crippen LogP contribution in [0, 0.1) is 0 Å². The van der Waals surface area contributed by atoms with E-state index in [1.165, 1.54) is 0 Å². The zero-order valence-electron chi connectivity index (χ0n) is 9.31. The second-order valence-corrected chi connectivity index (χ2v) is 4.67. The van der Waals surface area contributed by atoms with Crippen molar-refractivity contribution in [3.8, 4) is 0 Å². The van der Waals surface area contributed by atoms with Gasteiger partial charge in [-0.25, -0.2) is 0 Å². The van der Waals surface area contributed by atoms with Crippen LogP contribution in [0.2, 0.25) is 0 Å². The Labute approximate surface area is 109 Å². The summed E-state index contributed by atoms with van der Waals surface area (Å²) in [7, 11) is 0. The summed E-state index contributed by atoms with van der Waals surface area (Å²) in [5.74, 6) is -0.381. The normalized spacial score (nSPS) is 13.2. The Morgan fingerprint density at radius 2 is 1.67 bits per heavy atom. The van der Waals surface area contributed by atoms with E-state index in [2.05, 4.69) is 12.6 Å². The van der Waals surface area contributed by atoms with Gasteiger partial charge < -0.3 is 5.73 Å². The molecule has 0 bridgehead atoms. The van der Waals surface area contributed by atoms with E-state index in [4.69, 9.17) is 5.73 Å². The molecule has 0 amide bonds. The first-order valence-corrected chi connectivity index (χ1v) is 5.85. The number of carbonyl (C=O) groups excluding carboxylic acids is 2. The molecule has 0 atom stereocenters. The highest BCUT2D eigenvalue weighted by Crippen LogP contribution is 2.31. The van der Waals surface area contributed by atoms with E-state index in [1.807, 2.05) is 0 Å². The molecule has 0 aliphatic heterocycles. The van der Waals surface area contributed by atoms with Crippen LogP contribution < -0.4 is 5.73 Å². The lowest BCUT2D eigenvalue weighted by Gasteiger charge is -2.18. The molecule has 0 spiro atoms. The first kappa shape index (κ1) is 11.0. The van der Waals surface area contributed by atoms with Gasteiger partial charge in [0.1, 0.15) is 0 Å². The molecule has 1 aliphatic carbocycles.